The molecule has 0 aliphatic rings. The Labute approximate surface area is 75.5 Å². The van der Waals surface area contributed by atoms with Gasteiger partial charge in [-0.3, -0.25) is 4.79 Å². The number of hydrogen-bond acceptors (Lipinski definition) is 2. The molecule has 13 heavy (non-hydrogen) atoms. The number of amides is 1. The molecule has 0 radical (unpaired) electrons. The molecule has 3 nitrogen and oxygen atoms in total. The van der Waals surface area contributed by atoms with E-state index >= 15 is 0 Å². The smallest absolute Gasteiger partial charge is 0.211 e. The van der Waals surface area contributed by atoms with Gasteiger partial charge in [-0.2, -0.15) is 0 Å². The Balaban J connectivity index is 3.01. The number of nitrogens with one attached hydrogen (secondary N) is 1. The van der Waals surface area contributed by atoms with Crippen molar-refractivity contribution in [2.75, 3.05) is 11.9 Å². The van der Waals surface area contributed by atoms with Crippen LogP contribution in [-0.4, -0.2) is 13.0 Å². The fourth-order valence-electron chi connectivity index (χ4n) is 0.977. The third kappa shape index (κ3) is 2.18. The summed E-state index contributed by atoms with van der Waals surface area (Å²) in [5.74, 6) is -0.397. The number of anilines is 1. The van der Waals surface area contributed by atoms with Crippen LogP contribution in [0.3, 0.4) is 0 Å². The third-order valence-electron chi connectivity index (χ3n) is 1.47. The summed E-state index contributed by atoms with van der Waals surface area (Å²) in [5.41, 5.74) is 0.344. The lowest BCUT2D eigenvalue weighted by Gasteiger charge is -2.08. The predicted octanol–water partition coefficient (Wildman–Crippen LogP) is 1.79. The first-order valence-corrected chi connectivity index (χ1v) is 3.91. The number of rotatable bonds is 4. The van der Waals surface area contributed by atoms with Gasteiger partial charge < -0.3 is 10.1 Å². The summed E-state index contributed by atoms with van der Waals surface area (Å²) in [5, 5.41) is 2.36. The molecule has 0 aliphatic carbocycles. The summed E-state index contributed by atoms with van der Waals surface area (Å²) >= 11 is 0. The highest BCUT2D eigenvalue weighted by Gasteiger charge is 2.07. The van der Waals surface area contributed by atoms with Crippen LogP contribution < -0.4 is 10.1 Å². The Morgan fingerprint density at radius 3 is 3.00 bits per heavy atom. The first-order valence-electron chi connectivity index (χ1n) is 3.91. The van der Waals surface area contributed by atoms with E-state index in [1.807, 2.05) is 0 Å². The Hall–Kier alpha value is -1.58. The number of hydrogen-bond donors (Lipinski definition) is 1. The summed E-state index contributed by atoms with van der Waals surface area (Å²) in [4.78, 5) is 10.2. The lowest BCUT2D eigenvalue weighted by atomic mass is 10.3. The molecule has 0 heterocycles. The van der Waals surface area contributed by atoms with Crippen LogP contribution in [0, 0.1) is 5.82 Å². The van der Waals surface area contributed by atoms with Crippen molar-refractivity contribution in [2.45, 2.75) is 6.92 Å². The van der Waals surface area contributed by atoms with Crippen molar-refractivity contribution in [3.63, 3.8) is 0 Å². The molecule has 1 rings (SSSR count). The molecule has 1 N–H and O–H groups in total. The quantitative estimate of drug-likeness (QED) is 0.723. The Kier molecular flexibility index (Phi) is 3.25. The molecule has 0 spiro atoms. The van der Waals surface area contributed by atoms with E-state index in [2.05, 4.69) is 5.32 Å². The van der Waals surface area contributed by atoms with Crippen LogP contribution in [0.2, 0.25) is 0 Å². The number of carbonyl (C=O) groups excluding carboxylic acids is 1. The number of para-hydroxylation sites is 1. The molecule has 0 unspecified atom stereocenters. The molecule has 0 aliphatic heterocycles. The first kappa shape index (κ1) is 9.51. The highest BCUT2D eigenvalue weighted by atomic mass is 19.1. The van der Waals surface area contributed by atoms with Gasteiger partial charge in [0.2, 0.25) is 6.41 Å². The molecule has 0 bridgehead atoms. The zero-order valence-electron chi connectivity index (χ0n) is 7.21. The third-order valence-corrected chi connectivity index (χ3v) is 1.47. The summed E-state index contributed by atoms with van der Waals surface area (Å²) in [6, 6.07) is 4.35. The summed E-state index contributed by atoms with van der Waals surface area (Å²) in [6.45, 7) is 2.10. The van der Waals surface area contributed by atoms with E-state index in [-0.39, 0.29) is 5.75 Å². The maximum atomic E-state index is 13.1. The molecule has 0 atom stereocenters. The molecular weight excluding hydrogens is 173 g/mol. The van der Waals surface area contributed by atoms with E-state index < -0.39 is 5.82 Å². The largest absolute Gasteiger partial charge is 0.489 e. The fourth-order valence-corrected chi connectivity index (χ4v) is 0.977. The van der Waals surface area contributed by atoms with Crippen LogP contribution in [0.1, 0.15) is 6.92 Å². The van der Waals surface area contributed by atoms with E-state index in [9.17, 15) is 9.18 Å². The number of carbonyl (C=O) groups is 1. The second-order valence-corrected chi connectivity index (χ2v) is 2.31. The molecule has 0 saturated carbocycles. The standard InChI is InChI=1S/C9H10FNO2/c1-2-13-9-7(10)4-3-5-8(9)11-6-12/h3-6H,2H2,1H3,(H,11,12). The number of halogens is 1. The minimum Gasteiger partial charge on any atom is -0.489 e. The van der Waals surface area contributed by atoms with Gasteiger partial charge in [0, 0.05) is 0 Å². The Morgan fingerprint density at radius 2 is 2.38 bits per heavy atom. The maximum Gasteiger partial charge on any atom is 0.211 e. The van der Waals surface area contributed by atoms with E-state index in [0.29, 0.717) is 18.7 Å². The van der Waals surface area contributed by atoms with Crippen LogP contribution in [0.4, 0.5) is 10.1 Å². The number of ether oxygens (including phenoxy) is 1. The minimum atomic E-state index is -0.478. The van der Waals surface area contributed by atoms with Crippen molar-refractivity contribution in [1.82, 2.24) is 0 Å². The van der Waals surface area contributed by atoms with E-state index in [4.69, 9.17) is 4.74 Å². The molecule has 0 fully saturated rings. The van der Waals surface area contributed by atoms with E-state index in [1.54, 1.807) is 13.0 Å². The van der Waals surface area contributed by atoms with Crippen molar-refractivity contribution in [2.24, 2.45) is 0 Å². The molecule has 70 valence electrons. The molecule has 1 aromatic rings. The van der Waals surface area contributed by atoms with Crippen molar-refractivity contribution >= 4 is 12.1 Å². The van der Waals surface area contributed by atoms with Crippen LogP contribution in [-0.2, 0) is 4.79 Å². The van der Waals surface area contributed by atoms with Gasteiger partial charge in [0.05, 0.1) is 12.3 Å². The van der Waals surface area contributed by atoms with Crippen LogP contribution in [0.15, 0.2) is 18.2 Å². The highest BCUT2D eigenvalue weighted by molar-refractivity contribution is 5.75. The van der Waals surface area contributed by atoms with Gasteiger partial charge >= 0.3 is 0 Å². The Morgan fingerprint density at radius 1 is 1.62 bits per heavy atom. The van der Waals surface area contributed by atoms with E-state index in [0.717, 1.165) is 0 Å². The van der Waals surface area contributed by atoms with Gasteiger partial charge in [0.1, 0.15) is 0 Å². The normalized spacial score (nSPS) is 9.38. The monoisotopic (exact) mass is 183 g/mol. The lowest BCUT2D eigenvalue weighted by Crippen LogP contribution is -2.01. The van der Waals surface area contributed by atoms with Gasteiger partial charge in [-0.15, -0.1) is 0 Å². The molecular formula is C9H10FNO2. The molecule has 0 saturated heterocycles. The second-order valence-electron chi connectivity index (χ2n) is 2.31. The van der Waals surface area contributed by atoms with Gasteiger partial charge in [-0.05, 0) is 19.1 Å². The topological polar surface area (TPSA) is 38.3 Å². The van der Waals surface area contributed by atoms with Crippen molar-refractivity contribution in [1.29, 1.82) is 0 Å². The predicted molar refractivity (Wildman–Crippen MR) is 47.3 cm³/mol. The zero-order chi connectivity index (χ0) is 9.68. The average Bonchev–Trinajstić information content (AvgIpc) is 2.11. The van der Waals surface area contributed by atoms with Crippen molar-refractivity contribution in [3.8, 4) is 5.75 Å². The van der Waals surface area contributed by atoms with Gasteiger partial charge in [-0.25, -0.2) is 4.39 Å². The van der Waals surface area contributed by atoms with Crippen LogP contribution in [0.25, 0.3) is 0 Å². The van der Waals surface area contributed by atoms with Crippen LogP contribution in [0.5, 0.6) is 5.75 Å². The van der Waals surface area contributed by atoms with Crippen molar-refractivity contribution in [3.05, 3.63) is 24.0 Å². The fraction of sp³-hybridized carbons (Fsp3) is 0.222. The Bertz CT molecular complexity index is 302. The second kappa shape index (κ2) is 4.45. The first-order chi connectivity index (χ1) is 6.29. The number of benzene rings is 1. The average molecular weight is 183 g/mol. The summed E-state index contributed by atoms with van der Waals surface area (Å²) < 4.78 is 18.1. The lowest BCUT2D eigenvalue weighted by molar-refractivity contribution is -0.105. The van der Waals surface area contributed by atoms with Gasteiger partial charge in [0.15, 0.2) is 11.6 Å². The maximum absolute atomic E-state index is 13.1. The summed E-state index contributed by atoms with van der Waals surface area (Å²) in [6.07, 6.45) is 0.483. The van der Waals surface area contributed by atoms with Crippen LogP contribution >= 0.6 is 0 Å². The zero-order valence-corrected chi connectivity index (χ0v) is 7.21. The molecule has 4 heteroatoms. The van der Waals surface area contributed by atoms with Gasteiger partial charge in [-0.1, -0.05) is 6.07 Å². The van der Waals surface area contributed by atoms with E-state index in [1.165, 1.54) is 12.1 Å². The molecule has 1 amide bonds. The minimum absolute atomic E-state index is 0.0806. The molecule has 1 aromatic carbocycles. The highest BCUT2D eigenvalue weighted by Crippen LogP contribution is 2.26. The summed E-state index contributed by atoms with van der Waals surface area (Å²) in [7, 11) is 0. The van der Waals surface area contributed by atoms with Crippen molar-refractivity contribution < 1.29 is 13.9 Å². The SMILES string of the molecule is CCOc1c(F)cccc1NC=O. The molecule has 0 aromatic heterocycles. The van der Waals surface area contributed by atoms with Gasteiger partial charge in [0.25, 0.3) is 0 Å².